The molecule has 1 aromatic rings. The minimum Gasteiger partial charge on any atom is -0.354 e. The zero-order chi connectivity index (χ0) is 15.3. The summed E-state index contributed by atoms with van der Waals surface area (Å²) in [7, 11) is 1.77. The maximum atomic E-state index is 11.8. The molecule has 0 fully saturated rings. The number of aryl methyl sites for hydroxylation is 2. The Labute approximate surface area is 120 Å². The highest BCUT2D eigenvalue weighted by molar-refractivity contribution is 5.81. The first kappa shape index (κ1) is 16.0. The van der Waals surface area contributed by atoms with Gasteiger partial charge in [0.05, 0.1) is 12.1 Å². The van der Waals surface area contributed by atoms with E-state index in [1.165, 1.54) is 0 Å². The van der Waals surface area contributed by atoms with Crippen molar-refractivity contribution in [1.82, 2.24) is 10.3 Å². The molecule has 1 aromatic heterocycles. The molecule has 20 heavy (non-hydrogen) atoms. The van der Waals surface area contributed by atoms with Crippen molar-refractivity contribution in [3.63, 3.8) is 0 Å². The maximum absolute atomic E-state index is 11.8. The molecule has 0 saturated carbocycles. The third-order valence-corrected chi connectivity index (χ3v) is 2.89. The Hall–Kier alpha value is -2.09. The molecule has 0 saturated heterocycles. The van der Waals surface area contributed by atoms with Crippen molar-refractivity contribution in [1.29, 1.82) is 5.26 Å². The lowest BCUT2D eigenvalue weighted by molar-refractivity contribution is -0.119. The van der Waals surface area contributed by atoms with E-state index in [1.807, 2.05) is 33.8 Å². The summed E-state index contributed by atoms with van der Waals surface area (Å²) in [6.07, 6.45) is 0. The van der Waals surface area contributed by atoms with Gasteiger partial charge >= 0.3 is 0 Å². The van der Waals surface area contributed by atoms with Gasteiger partial charge in [0, 0.05) is 19.3 Å². The van der Waals surface area contributed by atoms with Crippen molar-refractivity contribution in [2.45, 2.75) is 27.7 Å². The first-order chi connectivity index (χ1) is 9.35. The van der Waals surface area contributed by atoms with E-state index in [-0.39, 0.29) is 12.5 Å². The Kier molecular flexibility index (Phi) is 5.51. The van der Waals surface area contributed by atoms with Crippen LogP contribution in [0.4, 0.5) is 5.82 Å². The molecule has 0 aliphatic carbocycles. The molecule has 5 nitrogen and oxygen atoms in total. The number of nitriles is 1. The highest BCUT2D eigenvalue weighted by Gasteiger charge is 2.15. The van der Waals surface area contributed by atoms with E-state index < -0.39 is 0 Å². The molecule has 1 heterocycles. The number of rotatable bonds is 5. The summed E-state index contributed by atoms with van der Waals surface area (Å²) in [5.74, 6) is 0.911. The molecule has 0 spiro atoms. The Morgan fingerprint density at radius 2 is 2.15 bits per heavy atom. The van der Waals surface area contributed by atoms with Gasteiger partial charge in [0.1, 0.15) is 11.9 Å². The molecular formula is C15H22N4O. The van der Waals surface area contributed by atoms with Gasteiger partial charge < -0.3 is 10.2 Å². The number of carbonyl (C=O) groups excluding carboxylic acids is 1. The van der Waals surface area contributed by atoms with E-state index in [1.54, 1.807) is 11.9 Å². The lowest BCUT2D eigenvalue weighted by Gasteiger charge is -2.20. The van der Waals surface area contributed by atoms with Crippen molar-refractivity contribution < 1.29 is 4.79 Å². The van der Waals surface area contributed by atoms with Crippen LogP contribution >= 0.6 is 0 Å². The Bertz CT molecular complexity index is 531. The zero-order valence-electron chi connectivity index (χ0n) is 12.8. The lowest BCUT2D eigenvalue weighted by Crippen LogP contribution is -2.37. The predicted octanol–water partition coefficient (Wildman–Crippen LogP) is 1.78. The smallest absolute Gasteiger partial charge is 0.239 e. The molecule has 0 unspecified atom stereocenters. The van der Waals surface area contributed by atoms with Gasteiger partial charge in [0.2, 0.25) is 5.91 Å². The number of likely N-dealkylation sites (N-methyl/N-ethyl adjacent to an activating group) is 1. The summed E-state index contributed by atoms with van der Waals surface area (Å²) in [6.45, 7) is 8.69. The molecule has 0 aliphatic rings. The number of aromatic nitrogens is 1. The number of hydrogen-bond donors (Lipinski definition) is 1. The summed E-state index contributed by atoms with van der Waals surface area (Å²) >= 11 is 0. The summed E-state index contributed by atoms with van der Waals surface area (Å²) < 4.78 is 0. The third-order valence-electron chi connectivity index (χ3n) is 2.89. The van der Waals surface area contributed by atoms with E-state index in [4.69, 9.17) is 0 Å². The van der Waals surface area contributed by atoms with E-state index in [0.717, 1.165) is 11.3 Å². The highest BCUT2D eigenvalue weighted by atomic mass is 16.2. The SMILES string of the molecule is Cc1cc(C)c(C#N)c(N(C)CC(=O)NCC(C)C)n1. The average molecular weight is 274 g/mol. The van der Waals surface area contributed by atoms with Crippen molar-refractivity contribution in [2.75, 3.05) is 25.0 Å². The topological polar surface area (TPSA) is 69.0 Å². The van der Waals surface area contributed by atoms with Crippen LogP contribution in [0.2, 0.25) is 0 Å². The monoisotopic (exact) mass is 274 g/mol. The molecular weight excluding hydrogens is 252 g/mol. The standard InChI is InChI=1S/C15H22N4O/c1-10(2)8-17-14(20)9-19(5)15-13(7-16)11(3)6-12(4)18-15/h6,10H,8-9H2,1-5H3,(H,17,20). The van der Waals surface area contributed by atoms with Crippen molar-refractivity contribution in [2.24, 2.45) is 5.92 Å². The third kappa shape index (κ3) is 4.23. The molecule has 0 bridgehead atoms. The highest BCUT2D eigenvalue weighted by Crippen LogP contribution is 2.20. The predicted molar refractivity (Wildman–Crippen MR) is 79.5 cm³/mol. The normalized spacial score (nSPS) is 10.2. The lowest BCUT2D eigenvalue weighted by atomic mass is 10.1. The van der Waals surface area contributed by atoms with E-state index in [0.29, 0.717) is 23.8 Å². The van der Waals surface area contributed by atoms with Gasteiger partial charge in [-0.3, -0.25) is 4.79 Å². The molecule has 0 aliphatic heterocycles. The fourth-order valence-electron chi connectivity index (χ4n) is 1.90. The molecule has 1 rings (SSSR count). The largest absolute Gasteiger partial charge is 0.354 e. The van der Waals surface area contributed by atoms with Crippen LogP contribution < -0.4 is 10.2 Å². The fraction of sp³-hybridized carbons (Fsp3) is 0.533. The molecule has 0 atom stereocenters. The summed E-state index contributed by atoms with van der Waals surface area (Å²) in [5, 5.41) is 12.1. The first-order valence-electron chi connectivity index (χ1n) is 6.71. The van der Waals surface area contributed by atoms with Gasteiger partial charge in [-0.1, -0.05) is 13.8 Å². The molecule has 0 radical (unpaired) electrons. The van der Waals surface area contributed by atoms with Crippen LogP contribution in [0.3, 0.4) is 0 Å². The summed E-state index contributed by atoms with van der Waals surface area (Å²) in [5.41, 5.74) is 2.24. The average Bonchev–Trinajstić information content (AvgIpc) is 2.35. The van der Waals surface area contributed by atoms with Gasteiger partial charge in [0.25, 0.3) is 0 Å². The van der Waals surface area contributed by atoms with Crippen LogP contribution in [-0.4, -0.2) is 31.0 Å². The van der Waals surface area contributed by atoms with E-state index in [2.05, 4.69) is 16.4 Å². The number of pyridine rings is 1. The number of nitrogens with one attached hydrogen (secondary N) is 1. The van der Waals surface area contributed by atoms with Crippen LogP contribution in [0.5, 0.6) is 0 Å². The van der Waals surface area contributed by atoms with E-state index >= 15 is 0 Å². The molecule has 5 heteroatoms. The van der Waals surface area contributed by atoms with Crippen LogP contribution in [0.15, 0.2) is 6.07 Å². The van der Waals surface area contributed by atoms with Crippen molar-refractivity contribution in [3.05, 3.63) is 22.9 Å². The van der Waals surface area contributed by atoms with Gasteiger partial charge in [-0.05, 0) is 31.4 Å². The second-order valence-corrected chi connectivity index (χ2v) is 5.44. The Balaban J connectivity index is 2.85. The van der Waals surface area contributed by atoms with Gasteiger partial charge in [-0.15, -0.1) is 0 Å². The second-order valence-electron chi connectivity index (χ2n) is 5.44. The quantitative estimate of drug-likeness (QED) is 0.888. The Morgan fingerprint density at radius 3 is 2.70 bits per heavy atom. The fourth-order valence-corrected chi connectivity index (χ4v) is 1.90. The van der Waals surface area contributed by atoms with Gasteiger partial charge in [-0.25, -0.2) is 4.98 Å². The van der Waals surface area contributed by atoms with E-state index in [9.17, 15) is 10.1 Å². The summed E-state index contributed by atoms with van der Waals surface area (Å²) in [6, 6.07) is 4.03. The molecule has 0 aromatic carbocycles. The van der Waals surface area contributed by atoms with Crippen LogP contribution in [-0.2, 0) is 4.79 Å². The number of anilines is 1. The first-order valence-corrected chi connectivity index (χ1v) is 6.71. The minimum absolute atomic E-state index is 0.0638. The number of carbonyl (C=O) groups is 1. The molecule has 108 valence electrons. The van der Waals surface area contributed by atoms with Crippen LogP contribution in [0.1, 0.15) is 30.7 Å². The van der Waals surface area contributed by atoms with Crippen LogP contribution in [0, 0.1) is 31.1 Å². The molecule has 1 N–H and O–H groups in total. The number of amides is 1. The minimum atomic E-state index is -0.0638. The van der Waals surface area contributed by atoms with Gasteiger partial charge in [-0.2, -0.15) is 5.26 Å². The Morgan fingerprint density at radius 1 is 1.50 bits per heavy atom. The van der Waals surface area contributed by atoms with Crippen molar-refractivity contribution >= 4 is 11.7 Å². The van der Waals surface area contributed by atoms with Gasteiger partial charge in [0.15, 0.2) is 0 Å². The maximum Gasteiger partial charge on any atom is 0.239 e. The summed E-state index contributed by atoms with van der Waals surface area (Å²) in [4.78, 5) is 17.9. The molecule has 1 amide bonds. The second kappa shape index (κ2) is 6.90. The van der Waals surface area contributed by atoms with Crippen LogP contribution in [0.25, 0.3) is 0 Å². The van der Waals surface area contributed by atoms with Crippen molar-refractivity contribution in [3.8, 4) is 6.07 Å². The number of hydrogen-bond acceptors (Lipinski definition) is 4. The zero-order valence-corrected chi connectivity index (χ0v) is 12.8. The number of nitrogens with zero attached hydrogens (tertiary/aromatic N) is 3.